The molecule has 1 aromatic heterocycles. The Morgan fingerprint density at radius 1 is 0.903 bits per heavy atom. The van der Waals surface area contributed by atoms with Gasteiger partial charge in [0, 0.05) is 38.1 Å². The highest BCUT2D eigenvalue weighted by molar-refractivity contribution is 7.89. The van der Waals surface area contributed by atoms with E-state index in [0.717, 1.165) is 4.31 Å². The largest absolute Gasteiger partial charge is 0.348 e. The summed E-state index contributed by atoms with van der Waals surface area (Å²) in [4.78, 5) is 28.8. The van der Waals surface area contributed by atoms with Gasteiger partial charge in [0.2, 0.25) is 10.0 Å². The highest BCUT2D eigenvalue weighted by Gasteiger charge is 2.21. The number of hydrogen-bond donors (Lipinski definition) is 2. The Hall–Kier alpha value is -3.56. The van der Waals surface area contributed by atoms with E-state index >= 15 is 0 Å². The number of amides is 2. The van der Waals surface area contributed by atoms with Crippen LogP contribution in [0, 0.1) is 0 Å². The Morgan fingerprint density at radius 3 is 2.23 bits per heavy atom. The zero-order valence-electron chi connectivity index (χ0n) is 17.1. The van der Waals surface area contributed by atoms with E-state index in [1.165, 1.54) is 26.4 Å². The lowest BCUT2D eigenvalue weighted by molar-refractivity contribution is 0.0950. The van der Waals surface area contributed by atoms with Crippen molar-refractivity contribution >= 4 is 27.5 Å². The minimum absolute atomic E-state index is 0.0558. The fraction of sp³-hybridized carbons (Fsp3) is 0.136. The maximum atomic E-state index is 12.5. The van der Waals surface area contributed by atoms with Crippen LogP contribution in [0.25, 0.3) is 0 Å². The zero-order valence-corrected chi connectivity index (χ0v) is 17.9. The number of carbonyl (C=O) groups excluding carboxylic acids is 2. The number of hydrogen-bond acceptors (Lipinski definition) is 5. The summed E-state index contributed by atoms with van der Waals surface area (Å²) < 4.78 is 26.1. The van der Waals surface area contributed by atoms with Crippen molar-refractivity contribution < 1.29 is 18.0 Å². The fourth-order valence-electron chi connectivity index (χ4n) is 2.77. The molecule has 0 bridgehead atoms. The van der Waals surface area contributed by atoms with Gasteiger partial charge in [-0.05, 0) is 48.0 Å². The van der Waals surface area contributed by atoms with Crippen LogP contribution in [0.5, 0.6) is 0 Å². The molecule has 8 nitrogen and oxygen atoms in total. The van der Waals surface area contributed by atoms with Crippen molar-refractivity contribution in [3.05, 3.63) is 89.7 Å². The third kappa shape index (κ3) is 5.33. The van der Waals surface area contributed by atoms with Gasteiger partial charge in [0.05, 0.1) is 4.90 Å². The van der Waals surface area contributed by atoms with Crippen molar-refractivity contribution in [1.82, 2.24) is 14.6 Å². The average Bonchev–Trinajstić information content (AvgIpc) is 2.78. The molecule has 2 amide bonds. The van der Waals surface area contributed by atoms with Gasteiger partial charge in [-0.25, -0.2) is 12.7 Å². The summed E-state index contributed by atoms with van der Waals surface area (Å²) in [5.74, 6) is -0.712. The number of rotatable bonds is 7. The van der Waals surface area contributed by atoms with Gasteiger partial charge in [0.25, 0.3) is 11.8 Å². The molecule has 31 heavy (non-hydrogen) atoms. The molecule has 0 aliphatic carbocycles. The topological polar surface area (TPSA) is 108 Å². The first-order valence-electron chi connectivity index (χ1n) is 9.40. The van der Waals surface area contributed by atoms with E-state index in [1.54, 1.807) is 60.7 Å². The highest BCUT2D eigenvalue weighted by atomic mass is 32.2. The first-order chi connectivity index (χ1) is 14.8. The van der Waals surface area contributed by atoms with E-state index in [2.05, 4.69) is 15.6 Å². The van der Waals surface area contributed by atoms with Crippen molar-refractivity contribution in [3.63, 3.8) is 0 Å². The van der Waals surface area contributed by atoms with E-state index in [0.29, 0.717) is 16.8 Å². The number of sulfonamides is 1. The highest BCUT2D eigenvalue weighted by Crippen LogP contribution is 2.18. The molecule has 0 fully saturated rings. The first kappa shape index (κ1) is 22.1. The summed E-state index contributed by atoms with van der Waals surface area (Å²) in [6, 6.07) is 17.9. The number of nitrogens with one attached hydrogen (secondary N) is 2. The molecule has 1 heterocycles. The minimum Gasteiger partial charge on any atom is -0.348 e. The summed E-state index contributed by atoms with van der Waals surface area (Å²) in [6.45, 7) is 0.0558. The number of aromatic nitrogens is 1. The minimum atomic E-state index is -3.62. The predicted molar refractivity (Wildman–Crippen MR) is 117 cm³/mol. The normalized spacial score (nSPS) is 11.2. The van der Waals surface area contributed by atoms with Crippen molar-refractivity contribution in [1.29, 1.82) is 0 Å². The summed E-state index contributed by atoms with van der Waals surface area (Å²) in [6.07, 6.45) is 1.53. The molecule has 0 radical (unpaired) electrons. The molecule has 2 N–H and O–H groups in total. The number of carbonyl (C=O) groups is 2. The maximum Gasteiger partial charge on any atom is 0.274 e. The van der Waals surface area contributed by atoms with Gasteiger partial charge in [0.1, 0.15) is 5.69 Å². The Bertz CT molecular complexity index is 1180. The molecule has 0 aliphatic heterocycles. The second-order valence-corrected chi connectivity index (χ2v) is 8.94. The maximum absolute atomic E-state index is 12.5. The SMILES string of the molecule is CN(C)S(=O)(=O)c1ccccc1CNC(=O)c1ccc(NC(=O)c2ccccn2)cc1. The number of pyridine rings is 1. The van der Waals surface area contributed by atoms with E-state index in [-0.39, 0.29) is 28.9 Å². The van der Waals surface area contributed by atoms with Crippen LogP contribution in [0.2, 0.25) is 0 Å². The molecule has 0 aliphatic rings. The molecular weight excluding hydrogens is 416 g/mol. The molecule has 0 atom stereocenters. The van der Waals surface area contributed by atoms with Gasteiger partial charge in [-0.15, -0.1) is 0 Å². The van der Waals surface area contributed by atoms with Gasteiger partial charge < -0.3 is 10.6 Å². The zero-order chi connectivity index (χ0) is 22.4. The van der Waals surface area contributed by atoms with Crippen LogP contribution in [0.15, 0.2) is 77.8 Å². The lowest BCUT2D eigenvalue weighted by Gasteiger charge is -2.15. The molecular formula is C22H22N4O4S. The lowest BCUT2D eigenvalue weighted by Crippen LogP contribution is -2.27. The predicted octanol–water partition coefficient (Wildman–Crippen LogP) is 2.51. The van der Waals surface area contributed by atoms with Crippen molar-refractivity contribution in [2.45, 2.75) is 11.4 Å². The van der Waals surface area contributed by atoms with Crippen LogP contribution in [-0.2, 0) is 16.6 Å². The molecule has 3 aromatic rings. The van der Waals surface area contributed by atoms with E-state index in [4.69, 9.17) is 0 Å². The van der Waals surface area contributed by atoms with Crippen LogP contribution in [-0.4, -0.2) is 43.6 Å². The van der Waals surface area contributed by atoms with Crippen LogP contribution in [0.1, 0.15) is 26.4 Å². The fourth-order valence-corrected chi connectivity index (χ4v) is 3.89. The molecule has 9 heteroatoms. The van der Waals surface area contributed by atoms with Gasteiger partial charge in [-0.1, -0.05) is 24.3 Å². The van der Waals surface area contributed by atoms with Gasteiger partial charge >= 0.3 is 0 Å². The second kappa shape index (κ2) is 9.50. The Kier molecular flexibility index (Phi) is 6.78. The number of anilines is 1. The molecule has 3 rings (SSSR count). The molecule has 160 valence electrons. The molecule has 0 spiro atoms. The quantitative estimate of drug-likeness (QED) is 0.589. The summed E-state index contributed by atoms with van der Waals surface area (Å²) >= 11 is 0. The smallest absolute Gasteiger partial charge is 0.274 e. The third-order valence-corrected chi connectivity index (χ3v) is 6.39. The van der Waals surface area contributed by atoms with E-state index in [1.807, 2.05) is 0 Å². The van der Waals surface area contributed by atoms with Crippen LogP contribution < -0.4 is 10.6 Å². The van der Waals surface area contributed by atoms with Crippen molar-refractivity contribution in [3.8, 4) is 0 Å². The number of benzene rings is 2. The number of nitrogens with zero attached hydrogens (tertiary/aromatic N) is 2. The van der Waals surface area contributed by atoms with Crippen molar-refractivity contribution in [2.24, 2.45) is 0 Å². The summed E-state index contributed by atoms with van der Waals surface area (Å²) in [5.41, 5.74) is 1.68. The van der Waals surface area contributed by atoms with Crippen LogP contribution >= 0.6 is 0 Å². The Labute approximate surface area is 181 Å². The average molecular weight is 439 g/mol. The van der Waals surface area contributed by atoms with Crippen LogP contribution in [0.3, 0.4) is 0 Å². The van der Waals surface area contributed by atoms with E-state index in [9.17, 15) is 18.0 Å². The standard InChI is InChI=1S/C22H22N4O4S/c1-26(2)31(29,30)20-9-4-3-7-17(20)15-24-21(27)16-10-12-18(13-11-16)25-22(28)19-8-5-6-14-23-19/h3-14H,15H2,1-2H3,(H,24,27)(H,25,28). The monoisotopic (exact) mass is 438 g/mol. The Morgan fingerprint density at radius 2 is 1.58 bits per heavy atom. The molecule has 2 aromatic carbocycles. The van der Waals surface area contributed by atoms with E-state index < -0.39 is 10.0 Å². The van der Waals surface area contributed by atoms with Gasteiger partial charge in [-0.3, -0.25) is 14.6 Å². The molecule has 0 saturated carbocycles. The Balaban J connectivity index is 1.65. The first-order valence-corrected chi connectivity index (χ1v) is 10.8. The summed E-state index contributed by atoms with van der Waals surface area (Å²) in [7, 11) is -0.709. The lowest BCUT2D eigenvalue weighted by atomic mass is 10.1. The molecule has 0 unspecified atom stereocenters. The van der Waals surface area contributed by atoms with Gasteiger partial charge in [-0.2, -0.15) is 0 Å². The molecule has 0 saturated heterocycles. The second-order valence-electron chi connectivity index (χ2n) is 6.82. The third-order valence-electron chi connectivity index (χ3n) is 4.47. The van der Waals surface area contributed by atoms with Crippen LogP contribution in [0.4, 0.5) is 5.69 Å². The van der Waals surface area contributed by atoms with Crippen molar-refractivity contribution in [2.75, 3.05) is 19.4 Å². The summed E-state index contributed by atoms with van der Waals surface area (Å²) in [5, 5.41) is 5.45. The van der Waals surface area contributed by atoms with Gasteiger partial charge in [0.15, 0.2) is 0 Å².